The molecule has 0 aromatic carbocycles. The molecule has 1 N–H and O–H groups in total. The minimum atomic E-state index is 0.753. The average molecular weight is 197 g/mol. The van der Waals surface area contributed by atoms with Crippen LogP contribution in [0.1, 0.15) is 47.0 Å². The molecule has 1 aliphatic rings. The van der Waals surface area contributed by atoms with E-state index >= 15 is 0 Å². The smallest absolute Gasteiger partial charge is 0.0125 e. The van der Waals surface area contributed by atoms with Gasteiger partial charge in [-0.1, -0.05) is 34.1 Å². The molecule has 0 bridgehead atoms. The fourth-order valence-corrected chi connectivity index (χ4v) is 3.19. The quantitative estimate of drug-likeness (QED) is 0.732. The molecular weight excluding hydrogens is 170 g/mol. The standard InChI is InChI=1S/C13H27N/c1-9(2)11-7-6-8-12(10(3)4)13(11)14-5/h9-14H,6-8H2,1-5H3. The number of hydrogen-bond acceptors (Lipinski definition) is 1. The summed E-state index contributed by atoms with van der Waals surface area (Å²) < 4.78 is 0. The highest BCUT2D eigenvalue weighted by atomic mass is 14.9. The lowest BCUT2D eigenvalue weighted by molar-refractivity contribution is 0.119. The monoisotopic (exact) mass is 197 g/mol. The maximum Gasteiger partial charge on any atom is 0.0125 e. The highest BCUT2D eigenvalue weighted by molar-refractivity contribution is 4.89. The predicted octanol–water partition coefficient (Wildman–Crippen LogP) is 3.30. The minimum absolute atomic E-state index is 0.753. The molecule has 2 unspecified atom stereocenters. The maximum atomic E-state index is 3.57. The van der Waals surface area contributed by atoms with Crippen LogP contribution in [-0.2, 0) is 0 Å². The van der Waals surface area contributed by atoms with Crippen LogP contribution in [-0.4, -0.2) is 13.1 Å². The Bertz CT molecular complexity index is 147. The molecule has 1 fully saturated rings. The van der Waals surface area contributed by atoms with E-state index in [0.29, 0.717) is 0 Å². The van der Waals surface area contributed by atoms with Crippen molar-refractivity contribution in [3.05, 3.63) is 0 Å². The zero-order chi connectivity index (χ0) is 10.7. The Hall–Kier alpha value is -0.0400. The molecule has 0 aliphatic heterocycles. The molecule has 1 rings (SSSR count). The maximum absolute atomic E-state index is 3.57. The van der Waals surface area contributed by atoms with Crippen molar-refractivity contribution in [2.24, 2.45) is 23.7 Å². The molecule has 1 saturated carbocycles. The topological polar surface area (TPSA) is 12.0 Å². The van der Waals surface area contributed by atoms with E-state index < -0.39 is 0 Å². The predicted molar refractivity (Wildman–Crippen MR) is 63.4 cm³/mol. The van der Waals surface area contributed by atoms with Crippen LogP contribution in [0.15, 0.2) is 0 Å². The summed E-state index contributed by atoms with van der Waals surface area (Å²) in [7, 11) is 2.14. The van der Waals surface area contributed by atoms with Crippen molar-refractivity contribution in [2.75, 3.05) is 7.05 Å². The summed E-state index contributed by atoms with van der Waals surface area (Å²) in [5.74, 6) is 3.44. The van der Waals surface area contributed by atoms with Crippen molar-refractivity contribution in [3.63, 3.8) is 0 Å². The lowest BCUT2D eigenvalue weighted by Crippen LogP contribution is -2.46. The highest BCUT2D eigenvalue weighted by Gasteiger charge is 2.34. The first-order valence-electron chi connectivity index (χ1n) is 6.25. The molecular formula is C13H27N. The van der Waals surface area contributed by atoms with Crippen LogP contribution in [0, 0.1) is 23.7 Å². The molecule has 14 heavy (non-hydrogen) atoms. The minimum Gasteiger partial charge on any atom is -0.316 e. The van der Waals surface area contributed by atoms with Crippen molar-refractivity contribution >= 4 is 0 Å². The third-order valence-corrected chi connectivity index (χ3v) is 4.04. The SMILES string of the molecule is CNC1C(C(C)C)CCCC1C(C)C. The van der Waals surface area contributed by atoms with Gasteiger partial charge in [0.15, 0.2) is 0 Å². The normalized spacial score (nSPS) is 34.1. The second-order valence-electron chi connectivity index (χ2n) is 5.56. The van der Waals surface area contributed by atoms with Gasteiger partial charge in [-0.25, -0.2) is 0 Å². The average Bonchev–Trinajstić information content (AvgIpc) is 2.16. The molecule has 0 saturated heterocycles. The number of hydrogen-bond donors (Lipinski definition) is 1. The van der Waals surface area contributed by atoms with E-state index in [9.17, 15) is 0 Å². The summed E-state index contributed by atoms with van der Waals surface area (Å²) in [4.78, 5) is 0. The van der Waals surface area contributed by atoms with Crippen LogP contribution in [0.25, 0.3) is 0 Å². The van der Waals surface area contributed by atoms with Crippen molar-refractivity contribution < 1.29 is 0 Å². The molecule has 0 aromatic heterocycles. The molecule has 0 spiro atoms. The van der Waals surface area contributed by atoms with E-state index in [0.717, 1.165) is 29.7 Å². The van der Waals surface area contributed by atoms with Gasteiger partial charge in [0.2, 0.25) is 0 Å². The summed E-state index contributed by atoms with van der Waals surface area (Å²) in [6.07, 6.45) is 4.28. The van der Waals surface area contributed by atoms with E-state index in [2.05, 4.69) is 40.1 Å². The van der Waals surface area contributed by atoms with Crippen LogP contribution in [0.2, 0.25) is 0 Å². The molecule has 0 amide bonds. The van der Waals surface area contributed by atoms with Crippen molar-refractivity contribution in [3.8, 4) is 0 Å². The summed E-state index contributed by atoms with van der Waals surface area (Å²) >= 11 is 0. The van der Waals surface area contributed by atoms with E-state index in [1.165, 1.54) is 19.3 Å². The van der Waals surface area contributed by atoms with Gasteiger partial charge in [-0.3, -0.25) is 0 Å². The Kier molecular flexibility index (Phi) is 4.43. The first kappa shape index (κ1) is 12.0. The van der Waals surface area contributed by atoms with Crippen LogP contribution < -0.4 is 5.32 Å². The van der Waals surface area contributed by atoms with Gasteiger partial charge in [-0.05, 0) is 43.6 Å². The summed E-state index contributed by atoms with van der Waals surface area (Å²) in [6, 6.07) is 0.753. The molecule has 1 aliphatic carbocycles. The van der Waals surface area contributed by atoms with Crippen molar-refractivity contribution in [1.29, 1.82) is 0 Å². The van der Waals surface area contributed by atoms with E-state index in [-0.39, 0.29) is 0 Å². The molecule has 2 atom stereocenters. The Morgan fingerprint density at radius 1 is 0.929 bits per heavy atom. The Morgan fingerprint density at radius 3 is 1.64 bits per heavy atom. The lowest BCUT2D eigenvalue weighted by Gasteiger charge is -2.42. The second-order valence-corrected chi connectivity index (χ2v) is 5.56. The van der Waals surface area contributed by atoms with Gasteiger partial charge in [0.25, 0.3) is 0 Å². The first-order chi connectivity index (χ1) is 6.57. The second kappa shape index (κ2) is 5.16. The molecule has 1 heteroatoms. The van der Waals surface area contributed by atoms with E-state index in [4.69, 9.17) is 0 Å². The van der Waals surface area contributed by atoms with Gasteiger partial charge >= 0.3 is 0 Å². The fraction of sp³-hybridized carbons (Fsp3) is 1.00. The van der Waals surface area contributed by atoms with Crippen molar-refractivity contribution in [1.82, 2.24) is 5.32 Å². The van der Waals surface area contributed by atoms with E-state index in [1.54, 1.807) is 0 Å². The molecule has 84 valence electrons. The van der Waals surface area contributed by atoms with Gasteiger partial charge in [0, 0.05) is 6.04 Å². The van der Waals surface area contributed by atoms with Crippen LogP contribution in [0.5, 0.6) is 0 Å². The number of nitrogens with one attached hydrogen (secondary N) is 1. The van der Waals surface area contributed by atoms with Crippen LogP contribution in [0.3, 0.4) is 0 Å². The Balaban J connectivity index is 2.69. The Morgan fingerprint density at radius 2 is 1.36 bits per heavy atom. The number of rotatable bonds is 3. The third kappa shape index (κ3) is 2.50. The van der Waals surface area contributed by atoms with Crippen LogP contribution >= 0.6 is 0 Å². The molecule has 1 nitrogen and oxygen atoms in total. The molecule has 0 radical (unpaired) electrons. The largest absolute Gasteiger partial charge is 0.316 e. The lowest BCUT2D eigenvalue weighted by atomic mass is 9.68. The summed E-state index contributed by atoms with van der Waals surface area (Å²) in [5.41, 5.74) is 0. The van der Waals surface area contributed by atoms with Gasteiger partial charge < -0.3 is 5.32 Å². The fourth-order valence-electron chi connectivity index (χ4n) is 3.19. The van der Waals surface area contributed by atoms with Gasteiger partial charge in [-0.15, -0.1) is 0 Å². The van der Waals surface area contributed by atoms with Crippen LogP contribution in [0.4, 0.5) is 0 Å². The highest BCUT2D eigenvalue weighted by Crippen LogP contribution is 2.37. The molecule has 0 heterocycles. The third-order valence-electron chi connectivity index (χ3n) is 4.04. The van der Waals surface area contributed by atoms with Gasteiger partial charge in [0.1, 0.15) is 0 Å². The van der Waals surface area contributed by atoms with Crippen molar-refractivity contribution in [2.45, 2.75) is 53.0 Å². The zero-order valence-corrected chi connectivity index (χ0v) is 10.5. The summed E-state index contributed by atoms with van der Waals surface area (Å²) in [6.45, 7) is 9.49. The zero-order valence-electron chi connectivity index (χ0n) is 10.5. The van der Waals surface area contributed by atoms with Gasteiger partial charge in [-0.2, -0.15) is 0 Å². The molecule has 0 aromatic rings. The van der Waals surface area contributed by atoms with E-state index in [1.807, 2.05) is 0 Å². The first-order valence-corrected chi connectivity index (χ1v) is 6.25. The van der Waals surface area contributed by atoms with Gasteiger partial charge in [0.05, 0.1) is 0 Å². The Labute approximate surface area is 89.7 Å². The summed E-state index contributed by atoms with van der Waals surface area (Å²) in [5, 5.41) is 3.57.